The number of ether oxygens (including phenoxy) is 4. The fourth-order valence-corrected chi connectivity index (χ4v) is 10.3. The molecule has 2 heterocycles. The van der Waals surface area contributed by atoms with Crippen molar-refractivity contribution in [3.8, 4) is 46.8 Å². The Morgan fingerprint density at radius 2 is 0.650 bits per heavy atom. The molecule has 18 heteroatoms. The summed E-state index contributed by atoms with van der Waals surface area (Å²) in [5.41, 5.74) is 0.307. The second-order valence-electron chi connectivity index (χ2n) is 18.2. The molecular weight excluding hydrogens is 1050 g/mol. The predicted molar refractivity (Wildman–Crippen MR) is 308 cm³/mol. The maximum Gasteiger partial charge on any atom is 0.327 e. The molecule has 0 aliphatic heterocycles. The Hall–Kier alpha value is -10.2. The average molecular weight is 1100 g/mol. The van der Waals surface area contributed by atoms with Gasteiger partial charge in [0.05, 0.1) is 0 Å². The lowest BCUT2D eigenvalue weighted by molar-refractivity contribution is 0.412. The predicted octanol–water partition coefficient (Wildman–Crippen LogP) is 15.2. The average Bonchev–Trinajstić information content (AvgIpc) is 3.45. The van der Waals surface area contributed by atoms with Crippen LogP contribution in [0.5, 0.6) is 46.8 Å². The molecule has 0 bridgehead atoms. The molecule has 80 heavy (non-hydrogen) atoms. The summed E-state index contributed by atoms with van der Waals surface area (Å²) in [6.45, 7) is 0. The molecule has 392 valence electrons. The Balaban J connectivity index is 0.829. The van der Waals surface area contributed by atoms with Crippen LogP contribution < -0.4 is 29.6 Å². The minimum absolute atomic E-state index is 0.0243. The van der Waals surface area contributed by atoms with Crippen LogP contribution in [0.25, 0.3) is 55.2 Å². The molecule has 0 atom stereocenters. The zero-order valence-electron chi connectivity index (χ0n) is 41.7. The van der Waals surface area contributed by atoms with Crippen LogP contribution in [0.2, 0.25) is 0 Å². The summed E-state index contributed by atoms with van der Waals surface area (Å²) < 4.78 is 98.0. The summed E-state index contributed by atoms with van der Waals surface area (Å²) >= 11 is 0. The summed E-state index contributed by atoms with van der Waals surface area (Å²) in [7, 11) is -9.83. The van der Waals surface area contributed by atoms with Gasteiger partial charge in [-0.15, -0.1) is 0 Å². The van der Waals surface area contributed by atoms with Gasteiger partial charge in [0, 0.05) is 23.5 Å². The van der Waals surface area contributed by atoms with Crippen LogP contribution in [-0.2, 0) is 20.2 Å². The summed E-state index contributed by atoms with van der Waals surface area (Å²) in [4.78, 5) is 17.1. The lowest BCUT2D eigenvalue weighted by Gasteiger charge is -2.13. The van der Waals surface area contributed by atoms with E-state index in [0.717, 1.165) is 43.1 Å². The maximum absolute atomic E-state index is 13.0. The number of nitrogens with one attached hydrogen (secondary N) is 2. The normalized spacial score (nSPS) is 11.8. The van der Waals surface area contributed by atoms with E-state index in [2.05, 4.69) is 30.6 Å². The number of rotatable bonds is 16. The van der Waals surface area contributed by atoms with E-state index in [-0.39, 0.29) is 57.9 Å². The number of hydrogen-bond donors (Lipinski definition) is 4. The van der Waals surface area contributed by atoms with Gasteiger partial charge in [0.25, 0.3) is 20.2 Å². The van der Waals surface area contributed by atoms with Crippen LogP contribution in [0, 0.1) is 0 Å². The van der Waals surface area contributed by atoms with Gasteiger partial charge in [-0.2, -0.15) is 36.8 Å². The standard InChI is InChI=1S/C62H42N6O10S2/c69-79(70,71)55-35-49(63-57-37-59(75-51-27-21-39-9-1-5-13-45(39)31-51)67-61(65-57)77-53-29-23-41-11-3-7-15-47(41)33-53)25-19-43(55)17-18-44-20-26-50(36-56(44)80(72,73)74)64-58-38-60(76-52-28-22-40-10-2-6-14-46(40)32-52)68-62(66-58)78-54-30-24-42-12-4-8-16-48(42)34-54/h1-38H,(H,63,65,67)(H,64,66,68)(H,69,70,71)(H,72,73,74)/b18-17-. The van der Waals surface area contributed by atoms with Gasteiger partial charge in [-0.25, -0.2) is 0 Å². The lowest BCUT2D eigenvalue weighted by atomic mass is 10.1. The Labute approximate surface area is 457 Å². The Morgan fingerprint density at radius 3 is 0.975 bits per heavy atom. The Bertz CT molecular complexity index is 4170. The van der Waals surface area contributed by atoms with Gasteiger partial charge in [-0.05, 0) is 127 Å². The van der Waals surface area contributed by atoms with E-state index in [1.54, 1.807) is 24.3 Å². The Kier molecular flexibility index (Phi) is 13.5. The van der Waals surface area contributed by atoms with Gasteiger partial charge in [-0.1, -0.05) is 146 Å². The molecule has 2 aromatic heterocycles. The highest BCUT2D eigenvalue weighted by Crippen LogP contribution is 2.35. The molecule has 0 aliphatic carbocycles. The molecule has 0 amide bonds. The number of hydrogen-bond acceptors (Lipinski definition) is 14. The Morgan fingerprint density at radius 1 is 0.338 bits per heavy atom. The number of aromatic nitrogens is 4. The van der Waals surface area contributed by atoms with Crippen LogP contribution in [0.4, 0.5) is 23.0 Å². The maximum atomic E-state index is 13.0. The third-order valence-corrected chi connectivity index (χ3v) is 14.5. The van der Waals surface area contributed by atoms with Crippen LogP contribution in [-0.4, -0.2) is 45.9 Å². The monoisotopic (exact) mass is 1090 g/mol. The molecule has 0 aliphatic rings. The first-order valence-corrected chi connectivity index (χ1v) is 27.5. The smallest absolute Gasteiger partial charge is 0.327 e. The van der Waals surface area contributed by atoms with Crippen LogP contribution in [0.1, 0.15) is 11.1 Å². The second-order valence-corrected chi connectivity index (χ2v) is 21.0. The zero-order valence-corrected chi connectivity index (χ0v) is 43.3. The van der Waals surface area contributed by atoms with Gasteiger partial charge in [-0.3, -0.25) is 9.11 Å². The van der Waals surface area contributed by atoms with Crippen molar-refractivity contribution in [3.05, 3.63) is 230 Å². The highest BCUT2D eigenvalue weighted by molar-refractivity contribution is 7.86. The van der Waals surface area contributed by atoms with Crippen molar-refractivity contribution >= 4 is 98.5 Å². The van der Waals surface area contributed by atoms with Crippen molar-refractivity contribution in [1.82, 2.24) is 19.9 Å². The SMILES string of the molecule is O=S(=O)(O)c1cc(Nc2cc(Oc3ccc4ccccc4c3)nc(Oc3ccc4ccccc4c3)n2)ccc1/C=C\c1ccc(Nc2cc(Oc3ccc4ccccc4c3)nc(Oc3ccc4ccccc4c3)n2)cc1S(=O)(=O)O. The number of anilines is 4. The minimum atomic E-state index is -4.92. The topological polar surface area (TPSA) is 221 Å². The van der Waals surface area contributed by atoms with E-state index >= 15 is 0 Å². The van der Waals surface area contributed by atoms with Crippen molar-refractivity contribution in [2.45, 2.75) is 9.79 Å². The first-order chi connectivity index (χ1) is 38.8. The van der Waals surface area contributed by atoms with E-state index in [0.29, 0.717) is 23.0 Å². The molecule has 0 saturated carbocycles. The van der Waals surface area contributed by atoms with E-state index < -0.39 is 30.0 Å². The van der Waals surface area contributed by atoms with Gasteiger partial charge < -0.3 is 29.6 Å². The molecular formula is C62H42N6O10S2. The van der Waals surface area contributed by atoms with Crippen LogP contribution >= 0.6 is 0 Å². The molecule has 4 N–H and O–H groups in total. The molecule has 0 unspecified atom stereocenters. The molecule has 12 rings (SSSR count). The second kappa shape index (κ2) is 21.3. The summed E-state index contributed by atoms with van der Waals surface area (Å²) in [6.07, 6.45) is 2.58. The third kappa shape index (κ3) is 11.7. The molecule has 0 radical (unpaired) electrons. The van der Waals surface area contributed by atoms with Crippen molar-refractivity contribution in [1.29, 1.82) is 0 Å². The summed E-state index contributed by atoms with van der Waals surface area (Å²) in [5, 5.41) is 13.9. The van der Waals surface area contributed by atoms with Crippen LogP contribution in [0.3, 0.4) is 0 Å². The summed E-state index contributed by atoms with van der Waals surface area (Å²) in [5.74, 6) is 2.36. The zero-order chi connectivity index (χ0) is 54.8. The number of benzene rings is 10. The molecule has 12 aromatic rings. The fraction of sp³-hybridized carbons (Fsp3) is 0. The molecule has 0 fully saturated rings. The molecule has 16 nitrogen and oxygen atoms in total. The lowest BCUT2D eigenvalue weighted by Crippen LogP contribution is -2.04. The van der Waals surface area contributed by atoms with Crippen molar-refractivity contribution < 1.29 is 44.9 Å². The minimum Gasteiger partial charge on any atom is -0.439 e. The van der Waals surface area contributed by atoms with E-state index in [1.807, 2.05) is 146 Å². The number of nitrogens with zero attached hydrogens (tertiary/aromatic N) is 4. The van der Waals surface area contributed by atoms with Crippen molar-refractivity contribution in [2.24, 2.45) is 0 Å². The number of fused-ring (bicyclic) bond motifs is 4. The van der Waals surface area contributed by atoms with Gasteiger partial charge in [0.1, 0.15) is 44.4 Å². The largest absolute Gasteiger partial charge is 0.439 e. The quantitative estimate of drug-likeness (QED) is 0.0522. The van der Waals surface area contributed by atoms with Crippen LogP contribution in [0.15, 0.2) is 228 Å². The van der Waals surface area contributed by atoms with Crippen molar-refractivity contribution in [2.75, 3.05) is 10.6 Å². The highest BCUT2D eigenvalue weighted by Gasteiger charge is 2.20. The third-order valence-electron chi connectivity index (χ3n) is 12.7. The van der Waals surface area contributed by atoms with Gasteiger partial charge in [0.2, 0.25) is 11.8 Å². The van der Waals surface area contributed by atoms with Gasteiger partial charge in [0.15, 0.2) is 0 Å². The fourth-order valence-electron chi connectivity index (χ4n) is 8.93. The van der Waals surface area contributed by atoms with E-state index in [9.17, 15) is 25.9 Å². The molecule has 0 saturated heterocycles. The first kappa shape index (κ1) is 50.6. The summed E-state index contributed by atoms with van der Waals surface area (Å²) in [6, 6.07) is 64.4. The van der Waals surface area contributed by atoms with E-state index in [1.165, 1.54) is 60.7 Å². The molecule has 10 aromatic carbocycles. The van der Waals surface area contributed by atoms with E-state index in [4.69, 9.17) is 18.9 Å². The highest BCUT2D eigenvalue weighted by atomic mass is 32.2. The first-order valence-electron chi connectivity index (χ1n) is 24.7. The van der Waals surface area contributed by atoms with Gasteiger partial charge >= 0.3 is 12.0 Å². The molecule has 0 spiro atoms. The van der Waals surface area contributed by atoms with Crippen molar-refractivity contribution in [3.63, 3.8) is 0 Å².